The fourth-order valence-electron chi connectivity index (χ4n) is 3.56. The van der Waals surface area contributed by atoms with Gasteiger partial charge in [0.2, 0.25) is 5.60 Å². The van der Waals surface area contributed by atoms with Crippen LogP contribution in [0, 0.1) is 0 Å². The normalized spacial score (nSPS) is 25.1. The Balaban J connectivity index is 1.65. The number of carboxylic acids is 1. The second-order valence-electron chi connectivity index (χ2n) is 7.65. The average Bonchev–Trinajstić information content (AvgIpc) is 2.80. The molecule has 172 valence electrons. The summed E-state index contributed by atoms with van der Waals surface area (Å²) in [5, 5.41) is 30.6. The third kappa shape index (κ3) is 6.38. The molecule has 2 aromatic carbocycles. The third-order valence-corrected chi connectivity index (χ3v) is 5.20. The van der Waals surface area contributed by atoms with Crippen LogP contribution in [0.5, 0.6) is 0 Å². The maximum Gasteiger partial charge on any atom is 0.348 e. The van der Waals surface area contributed by atoms with E-state index in [1.54, 1.807) is 54.6 Å². The van der Waals surface area contributed by atoms with Crippen molar-refractivity contribution in [2.24, 2.45) is 0 Å². The van der Waals surface area contributed by atoms with Crippen LogP contribution in [0.1, 0.15) is 24.0 Å². The van der Waals surface area contributed by atoms with E-state index >= 15 is 0 Å². The highest BCUT2D eigenvalue weighted by molar-refractivity contribution is 5.90. The molecule has 1 aliphatic carbocycles. The summed E-state index contributed by atoms with van der Waals surface area (Å²) in [7, 11) is 0. The summed E-state index contributed by atoms with van der Waals surface area (Å²) in [4.78, 5) is 36.3. The summed E-state index contributed by atoms with van der Waals surface area (Å²) in [5.74, 6) is -3.27. The molecule has 0 radical (unpaired) electrons. The van der Waals surface area contributed by atoms with Crippen LogP contribution in [-0.2, 0) is 23.9 Å². The summed E-state index contributed by atoms with van der Waals surface area (Å²) < 4.78 is 10.3. The molecular weight excluding hydrogens is 428 g/mol. The van der Waals surface area contributed by atoms with Gasteiger partial charge in [0, 0.05) is 25.0 Å². The molecule has 2 atom stereocenters. The molecular formula is C25H24O8. The highest BCUT2D eigenvalue weighted by Crippen LogP contribution is 2.34. The number of aliphatic hydroxyl groups is 2. The number of hydrogen-bond acceptors (Lipinski definition) is 7. The number of aliphatic hydroxyl groups excluding tert-OH is 2. The molecule has 0 spiro atoms. The summed E-state index contributed by atoms with van der Waals surface area (Å²) in [6, 6.07) is 17.8. The lowest BCUT2D eigenvalue weighted by molar-refractivity contribution is -0.207. The highest BCUT2D eigenvalue weighted by Gasteiger charge is 2.54. The van der Waals surface area contributed by atoms with E-state index in [9.17, 15) is 29.7 Å². The van der Waals surface area contributed by atoms with Gasteiger partial charge < -0.3 is 24.8 Å². The summed E-state index contributed by atoms with van der Waals surface area (Å²) in [6.07, 6.45) is -0.431. The maximum absolute atomic E-state index is 12.3. The molecule has 0 amide bonds. The lowest BCUT2D eigenvalue weighted by Gasteiger charge is -2.41. The van der Waals surface area contributed by atoms with E-state index in [0.717, 1.165) is 17.7 Å². The molecule has 1 saturated carbocycles. The molecule has 2 aromatic rings. The molecule has 33 heavy (non-hydrogen) atoms. The monoisotopic (exact) mass is 452 g/mol. The number of carbonyl (C=O) groups is 3. The van der Waals surface area contributed by atoms with Crippen molar-refractivity contribution in [1.82, 2.24) is 0 Å². The fraction of sp³-hybridized carbons (Fsp3) is 0.240. The van der Waals surface area contributed by atoms with Crippen molar-refractivity contribution in [3.05, 3.63) is 83.9 Å². The van der Waals surface area contributed by atoms with Gasteiger partial charge in [0.25, 0.3) is 0 Å². The number of esters is 2. The Labute approximate surface area is 190 Å². The smallest absolute Gasteiger partial charge is 0.348 e. The zero-order valence-corrected chi connectivity index (χ0v) is 17.6. The van der Waals surface area contributed by atoms with Crippen LogP contribution in [0.25, 0.3) is 12.2 Å². The molecule has 3 N–H and O–H groups in total. The van der Waals surface area contributed by atoms with Gasteiger partial charge in [-0.25, -0.2) is 14.4 Å². The Kier molecular flexibility index (Phi) is 7.76. The Morgan fingerprint density at radius 2 is 1.24 bits per heavy atom. The zero-order valence-electron chi connectivity index (χ0n) is 17.6. The zero-order chi connectivity index (χ0) is 23.8. The van der Waals surface area contributed by atoms with Crippen LogP contribution < -0.4 is 0 Å². The number of carbonyl (C=O) groups excluding carboxylic acids is 2. The Morgan fingerprint density at radius 3 is 1.70 bits per heavy atom. The van der Waals surface area contributed by atoms with Crippen molar-refractivity contribution in [2.75, 3.05) is 0 Å². The van der Waals surface area contributed by atoms with Gasteiger partial charge in [-0.2, -0.15) is 0 Å². The maximum atomic E-state index is 12.3. The van der Waals surface area contributed by atoms with Gasteiger partial charge in [-0.1, -0.05) is 60.7 Å². The first-order chi connectivity index (χ1) is 15.8. The minimum atomic E-state index is -2.17. The van der Waals surface area contributed by atoms with Crippen LogP contribution in [0.15, 0.2) is 72.8 Å². The number of rotatable bonds is 7. The van der Waals surface area contributed by atoms with Gasteiger partial charge in [0.1, 0.15) is 0 Å². The van der Waals surface area contributed by atoms with Gasteiger partial charge in [0.05, 0.1) is 12.2 Å². The predicted molar refractivity (Wildman–Crippen MR) is 119 cm³/mol. The van der Waals surface area contributed by atoms with Crippen LogP contribution in [0.3, 0.4) is 0 Å². The number of aliphatic carboxylic acids is 1. The number of benzene rings is 2. The average molecular weight is 452 g/mol. The molecule has 3 rings (SSSR count). The lowest BCUT2D eigenvalue weighted by atomic mass is 9.79. The van der Waals surface area contributed by atoms with Gasteiger partial charge in [0.15, 0.2) is 6.10 Å². The summed E-state index contributed by atoms with van der Waals surface area (Å²) >= 11 is 0. The van der Waals surface area contributed by atoms with Gasteiger partial charge >= 0.3 is 17.9 Å². The Morgan fingerprint density at radius 1 is 0.788 bits per heavy atom. The SMILES string of the molecule is O=C(/C=C/c1ccccc1)OC1[C@@H](O)CC(OC(=O)/C=C/c2ccccc2)(C(=O)O)C[C@@H]1O. The van der Waals surface area contributed by atoms with Crippen molar-refractivity contribution in [3.8, 4) is 0 Å². The molecule has 0 aromatic heterocycles. The predicted octanol–water partition coefficient (Wildman–Crippen LogP) is 2.21. The van der Waals surface area contributed by atoms with Crippen molar-refractivity contribution in [1.29, 1.82) is 0 Å². The van der Waals surface area contributed by atoms with Crippen LogP contribution in [-0.4, -0.2) is 57.1 Å². The lowest BCUT2D eigenvalue weighted by Crippen LogP contribution is -2.58. The number of hydrogen-bond donors (Lipinski definition) is 3. The standard InChI is InChI=1S/C25H24O8/c26-19-15-25(24(30)31,33-22(29)14-12-18-9-5-2-6-10-18)16-20(27)23(19)32-21(28)13-11-17-7-3-1-4-8-17/h1-14,19-20,23,26-27H,15-16H2,(H,30,31)/b13-11+,14-12+/t19-,20-,23?,25?/m0/s1. The molecule has 1 aliphatic rings. The van der Waals surface area contributed by atoms with Crippen LogP contribution in [0.4, 0.5) is 0 Å². The molecule has 0 saturated heterocycles. The molecule has 8 nitrogen and oxygen atoms in total. The van der Waals surface area contributed by atoms with Gasteiger partial charge in [-0.15, -0.1) is 0 Å². The topological polar surface area (TPSA) is 130 Å². The number of carboxylic acid groups (broad SMARTS) is 1. The van der Waals surface area contributed by atoms with E-state index in [4.69, 9.17) is 9.47 Å². The van der Waals surface area contributed by atoms with Gasteiger partial charge in [-0.05, 0) is 23.3 Å². The first kappa shape index (κ1) is 23.9. The van der Waals surface area contributed by atoms with Crippen molar-refractivity contribution < 1.29 is 39.2 Å². The van der Waals surface area contributed by atoms with E-state index in [0.29, 0.717) is 5.56 Å². The Bertz CT molecular complexity index is 1020. The minimum absolute atomic E-state index is 0.551. The minimum Gasteiger partial charge on any atom is -0.478 e. The highest BCUT2D eigenvalue weighted by atomic mass is 16.6. The molecule has 0 heterocycles. The number of ether oxygens (including phenoxy) is 2. The van der Waals surface area contributed by atoms with Crippen molar-refractivity contribution in [3.63, 3.8) is 0 Å². The molecule has 8 heteroatoms. The van der Waals surface area contributed by atoms with Crippen molar-refractivity contribution >= 4 is 30.1 Å². The molecule has 0 aliphatic heterocycles. The van der Waals surface area contributed by atoms with Crippen molar-refractivity contribution in [2.45, 2.75) is 36.8 Å². The van der Waals surface area contributed by atoms with Crippen LogP contribution >= 0.6 is 0 Å². The van der Waals surface area contributed by atoms with E-state index in [1.165, 1.54) is 12.2 Å². The Hall–Kier alpha value is -3.75. The summed E-state index contributed by atoms with van der Waals surface area (Å²) in [6.45, 7) is 0. The fourth-order valence-corrected chi connectivity index (χ4v) is 3.56. The summed E-state index contributed by atoms with van der Waals surface area (Å²) in [5.41, 5.74) is -0.711. The first-order valence-corrected chi connectivity index (χ1v) is 10.3. The molecule has 1 fully saturated rings. The second-order valence-corrected chi connectivity index (χ2v) is 7.65. The van der Waals surface area contributed by atoms with E-state index in [1.807, 2.05) is 6.07 Å². The van der Waals surface area contributed by atoms with E-state index in [2.05, 4.69) is 0 Å². The van der Waals surface area contributed by atoms with Gasteiger partial charge in [-0.3, -0.25) is 0 Å². The van der Waals surface area contributed by atoms with Crippen LogP contribution in [0.2, 0.25) is 0 Å². The largest absolute Gasteiger partial charge is 0.478 e. The quantitative estimate of drug-likeness (QED) is 0.431. The third-order valence-electron chi connectivity index (χ3n) is 5.20. The van der Waals surface area contributed by atoms with E-state index in [-0.39, 0.29) is 0 Å². The first-order valence-electron chi connectivity index (χ1n) is 10.3. The molecule has 0 bridgehead atoms. The molecule has 0 unspecified atom stereocenters. The second kappa shape index (κ2) is 10.7. The van der Waals surface area contributed by atoms with E-state index < -0.39 is 54.7 Å².